The van der Waals surface area contributed by atoms with Crippen molar-refractivity contribution in [3.8, 4) is 6.07 Å². The van der Waals surface area contributed by atoms with Crippen molar-refractivity contribution in [2.45, 2.75) is 44.8 Å². The Morgan fingerprint density at radius 2 is 2.19 bits per heavy atom. The number of nitrogens with one attached hydrogen (secondary N) is 1. The van der Waals surface area contributed by atoms with Crippen LogP contribution in [0.3, 0.4) is 0 Å². The number of hydrogen-bond acceptors (Lipinski definition) is 6. The molecule has 1 saturated carbocycles. The first-order chi connectivity index (χ1) is 15.1. The molecule has 0 bridgehead atoms. The van der Waals surface area contributed by atoms with Crippen LogP contribution in [0, 0.1) is 17.2 Å². The standard InChI is InChI=1S/C24H31N5O2/c1-3-29(2)10-11-31-22-9-5-8-20(13-22)23(19-6-4-7-19)28-24(30)21(14-25)12-18-15-26-17-27-16-18/h5,8-9,12,15-17,19,22-23H,3-4,6-7,10-11,13H2,1-2H3,(H,28,30)/b21-12+. The first-order valence-corrected chi connectivity index (χ1v) is 11.0. The Labute approximate surface area is 184 Å². The summed E-state index contributed by atoms with van der Waals surface area (Å²) in [7, 11) is 2.08. The zero-order valence-corrected chi connectivity index (χ0v) is 18.3. The van der Waals surface area contributed by atoms with Gasteiger partial charge in [0.25, 0.3) is 5.91 Å². The second kappa shape index (κ2) is 11.5. The van der Waals surface area contributed by atoms with Crippen molar-refractivity contribution >= 4 is 12.0 Å². The smallest absolute Gasteiger partial charge is 0.262 e. The molecule has 2 unspecified atom stereocenters. The Morgan fingerprint density at radius 1 is 1.42 bits per heavy atom. The van der Waals surface area contributed by atoms with Crippen LogP contribution in [0.5, 0.6) is 0 Å². The van der Waals surface area contributed by atoms with Crippen molar-refractivity contribution in [1.29, 1.82) is 5.26 Å². The molecule has 0 aromatic carbocycles. The highest BCUT2D eigenvalue weighted by atomic mass is 16.5. The minimum absolute atomic E-state index is 0.0113. The van der Waals surface area contributed by atoms with Crippen molar-refractivity contribution in [2.75, 3.05) is 26.7 Å². The van der Waals surface area contributed by atoms with E-state index < -0.39 is 0 Å². The molecule has 3 rings (SSSR count). The molecular formula is C24H31N5O2. The maximum Gasteiger partial charge on any atom is 0.262 e. The summed E-state index contributed by atoms with van der Waals surface area (Å²) in [4.78, 5) is 23.0. The molecule has 0 aliphatic heterocycles. The topological polar surface area (TPSA) is 91.1 Å². The van der Waals surface area contributed by atoms with E-state index in [1.165, 1.54) is 18.8 Å². The van der Waals surface area contributed by atoms with Gasteiger partial charge in [0.2, 0.25) is 0 Å². The Morgan fingerprint density at radius 3 is 2.84 bits per heavy atom. The maximum atomic E-state index is 12.9. The monoisotopic (exact) mass is 421 g/mol. The van der Waals surface area contributed by atoms with Gasteiger partial charge in [0.1, 0.15) is 18.0 Å². The fourth-order valence-electron chi connectivity index (χ4n) is 3.74. The van der Waals surface area contributed by atoms with Crippen molar-refractivity contribution in [2.24, 2.45) is 5.92 Å². The Hall–Kier alpha value is -2.82. The summed E-state index contributed by atoms with van der Waals surface area (Å²) in [5.74, 6) is 0.0364. The first kappa shape index (κ1) is 22.9. The lowest BCUT2D eigenvalue weighted by Crippen LogP contribution is -2.45. The molecule has 1 aromatic heterocycles. The summed E-state index contributed by atoms with van der Waals surface area (Å²) in [6, 6.07) is 1.93. The van der Waals surface area contributed by atoms with E-state index in [-0.39, 0.29) is 23.6 Å². The third kappa shape index (κ3) is 6.58. The number of carbonyl (C=O) groups is 1. The number of likely N-dealkylation sites (N-methyl/N-ethyl adjacent to an activating group) is 1. The molecule has 0 spiro atoms. The van der Waals surface area contributed by atoms with Gasteiger partial charge in [-0.3, -0.25) is 4.79 Å². The molecule has 31 heavy (non-hydrogen) atoms. The van der Waals surface area contributed by atoms with Gasteiger partial charge in [-0.25, -0.2) is 9.97 Å². The van der Waals surface area contributed by atoms with Crippen LogP contribution in [0.1, 0.15) is 38.2 Å². The molecule has 7 nitrogen and oxygen atoms in total. The maximum absolute atomic E-state index is 12.9. The van der Waals surface area contributed by atoms with Gasteiger partial charge < -0.3 is 15.0 Å². The zero-order chi connectivity index (χ0) is 22.1. The fraction of sp³-hybridized carbons (Fsp3) is 0.500. The third-order valence-corrected chi connectivity index (χ3v) is 5.98. The number of amides is 1. The molecule has 2 atom stereocenters. The predicted octanol–water partition coefficient (Wildman–Crippen LogP) is 2.89. The molecule has 2 aliphatic rings. The summed E-state index contributed by atoms with van der Waals surface area (Å²) >= 11 is 0. The molecule has 164 valence electrons. The van der Waals surface area contributed by atoms with E-state index >= 15 is 0 Å². The van der Waals surface area contributed by atoms with Crippen LogP contribution < -0.4 is 5.32 Å². The van der Waals surface area contributed by atoms with Gasteiger partial charge in [0.15, 0.2) is 0 Å². The second-order valence-corrected chi connectivity index (χ2v) is 8.12. The number of nitrogens with zero attached hydrogens (tertiary/aromatic N) is 4. The highest BCUT2D eigenvalue weighted by Crippen LogP contribution is 2.35. The van der Waals surface area contributed by atoms with Crippen molar-refractivity contribution in [3.63, 3.8) is 0 Å². The lowest BCUT2D eigenvalue weighted by molar-refractivity contribution is -0.118. The van der Waals surface area contributed by atoms with Gasteiger partial charge in [-0.1, -0.05) is 31.6 Å². The van der Waals surface area contributed by atoms with E-state index in [1.807, 2.05) is 12.1 Å². The molecule has 1 heterocycles. The number of hydrogen-bond donors (Lipinski definition) is 1. The van der Waals surface area contributed by atoms with Crippen LogP contribution in [0.25, 0.3) is 6.08 Å². The molecular weight excluding hydrogens is 390 g/mol. The van der Waals surface area contributed by atoms with Crippen LogP contribution in [0.2, 0.25) is 0 Å². The van der Waals surface area contributed by atoms with Gasteiger partial charge in [0, 0.05) is 30.9 Å². The summed E-state index contributed by atoms with van der Waals surface area (Å²) in [5, 5.41) is 12.7. The largest absolute Gasteiger partial charge is 0.372 e. The molecule has 7 heteroatoms. The molecule has 1 fully saturated rings. The van der Waals surface area contributed by atoms with Crippen LogP contribution in [0.15, 0.2) is 48.1 Å². The summed E-state index contributed by atoms with van der Waals surface area (Å²) < 4.78 is 6.06. The van der Waals surface area contributed by atoms with Gasteiger partial charge in [-0.05, 0) is 44.0 Å². The molecule has 1 amide bonds. The number of allylic oxidation sites excluding steroid dienone is 2. The van der Waals surface area contributed by atoms with Crippen molar-refractivity contribution in [3.05, 3.63) is 53.7 Å². The van der Waals surface area contributed by atoms with Gasteiger partial charge in [0.05, 0.1) is 18.8 Å². The highest BCUT2D eigenvalue weighted by Gasteiger charge is 2.33. The van der Waals surface area contributed by atoms with E-state index in [2.05, 4.69) is 46.3 Å². The van der Waals surface area contributed by atoms with E-state index in [4.69, 9.17) is 4.74 Å². The van der Waals surface area contributed by atoms with E-state index in [0.29, 0.717) is 18.1 Å². The van der Waals surface area contributed by atoms with Gasteiger partial charge in [-0.2, -0.15) is 5.26 Å². The van der Waals surface area contributed by atoms with Crippen LogP contribution >= 0.6 is 0 Å². The van der Waals surface area contributed by atoms with Gasteiger partial charge in [-0.15, -0.1) is 0 Å². The minimum atomic E-state index is -0.360. The van der Waals surface area contributed by atoms with E-state index in [1.54, 1.807) is 12.4 Å². The van der Waals surface area contributed by atoms with E-state index in [9.17, 15) is 10.1 Å². The van der Waals surface area contributed by atoms with E-state index in [0.717, 1.165) is 37.9 Å². The average molecular weight is 422 g/mol. The summed E-state index contributed by atoms with van der Waals surface area (Å²) in [6.45, 7) is 4.69. The second-order valence-electron chi connectivity index (χ2n) is 8.12. The molecule has 2 aliphatic carbocycles. The lowest BCUT2D eigenvalue weighted by Gasteiger charge is -2.37. The molecule has 0 saturated heterocycles. The number of nitriles is 1. The minimum Gasteiger partial charge on any atom is -0.372 e. The Bertz CT molecular complexity index is 868. The average Bonchev–Trinajstić information content (AvgIpc) is 2.76. The van der Waals surface area contributed by atoms with Crippen LogP contribution in [-0.2, 0) is 9.53 Å². The SMILES string of the molecule is CCN(C)CCOC1C=CC=C(C(NC(=O)/C(C#N)=C/c2cncnc2)C2CCC2)C1. The number of carbonyl (C=O) groups excluding carboxylic acids is 1. The first-order valence-electron chi connectivity index (χ1n) is 11.0. The fourth-order valence-corrected chi connectivity index (χ4v) is 3.74. The quantitative estimate of drug-likeness (QED) is 0.461. The molecule has 1 aromatic rings. The summed E-state index contributed by atoms with van der Waals surface area (Å²) in [6.07, 6.45) is 16.4. The van der Waals surface area contributed by atoms with Crippen molar-refractivity contribution < 1.29 is 9.53 Å². The lowest BCUT2D eigenvalue weighted by atomic mass is 9.75. The number of aromatic nitrogens is 2. The van der Waals surface area contributed by atoms with Crippen LogP contribution in [0.4, 0.5) is 0 Å². The summed E-state index contributed by atoms with van der Waals surface area (Å²) in [5.41, 5.74) is 1.84. The van der Waals surface area contributed by atoms with Crippen molar-refractivity contribution in [1.82, 2.24) is 20.2 Å². The Balaban J connectivity index is 1.66. The number of ether oxygens (including phenoxy) is 1. The van der Waals surface area contributed by atoms with Gasteiger partial charge >= 0.3 is 0 Å². The van der Waals surface area contributed by atoms with Crippen LogP contribution in [-0.4, -0.2) is 59.7 Å². The number of rotatable bonds is 10. The normalized spacial score (nSPS) is 20.0. The molecule has 1 N–H and O–H groups in total. The highest BCUT2D eigenvalue weighted by molar-refractivity contribution is 6.01. The third-order valence-electron chi connectivity index (χ3n) is 5.98. The Kier molecular flexibility index (Phi) is 8.51. The zero-order valence-electron chi connectivity index (χ0n) is 18.3. The predicted molar refractivity (Wildman–Crippen MR) is 120 cm³/mol. The molecule has 0 radical (unpaired) electrons.